The van der Waals surface area contributed by atoms with Crippen LogP contribution in [-0.2, 0) is 16.1 Å². The number of para-hydroxylation sites is 1. The second kappa shape index (κ2) is 5.82. The van der Waals surface area contributed by atoms with E-state index in [9.17, 15) is 20.0 Å². The van der Waals surface area contributed by atoms with Gasteiger partial charge in [-0.05, 0) is 6.07 Å². The summed E-state index contributed by atoms with van der Waals surface area (Å²) in [5.41, 5.74) is 0.391. The number of benzene rings is 1. The molecule has 0 heterocycles. The number of rotatable bonds is 6. The van der Waals surface area contributed by atoms with Crippen molar-refractivity contribution in [3.05, 3.63) is 39.9 Å². The largest absolute Gasteiger partial charge is 0.550 e. The van der Waals surface area contributed by atoms with Gasteiger partial charge in [-0.2, -0.15) is 0 Å². The number of nitro groups is 1. The molecule has 0 atom stereocenters. The molecule has 0 unspecified atom stereocenters. The van der Waals surface area contributed by atoms with E-state index in [0.29, 0.717) is 5.56 Å². The van der Waals surface area contributed by atoms with Crippen molar-refractivity contribution in [2.24, 2.45) is 0 Å². The summed E-state index contributed by atoms with van der Waals surface area (Å²) in [5.74, 6) is -1.21. The van der Waals surface area contributed by atoms with Crippen molar-refractivity contribution < 1.29 is 19.6 Å². The Kier molecular flexibility index (Phi) is 4.41. The number of carbonyl (C=O) groups is 1. The van der Waals surface area contributed by atoms with Crippen molar-refractivity contribution in [3.63, 3.8) is 0 Å². The van der Waals surface area contributed by atoms with Gasteiger partial charge in [0.25, 0.3) is 5.69 Å². The first-order chi connectivity index (χ1) is 7.61. The van der Waals surface area contributed by atoms with Crippen LogP contribution in [-0.4, -0.2) is 17.5 Å². The molecule has 0 saturated carbocycles. The molecule has 0 N–H and O–H groups in total. The number of ether oxygens (including phenoxy) is 1. The summed E-state index contributed by atoms with van der Waals surface area (Å²) < 4.78 is 5.00. The standard InChI is InChI=1S/C10H11NO5/c12-10(13)5-6-16-7-8-3-1-2-4-9(8)11(14)15/h1-4H,5-7H2,(H,12,13)/p-1. The number of carboxylic acid groups (broad SMARTS) is 1. The van der Waals surface area contributed by atoms with Crippen LogP contribution < -0.4 is 5.11 Å². The van der Waals surface area contributed by atoms with Gasteiger partial charge in [-0.25, -0.2) is 0 Å². The highest BCUT2D eigenvalue weighted by atomic mass is 16.6. The molecule has 0 bridgehead atoms. The first kappa shape index (κ1) is 12.1. The first-order valence-corrected chi connectivity index (χ1v) is 4.61. The summed E-state index contributed by atoms with van der Waals surface area (Å²) >= 11 is 0. The fourth-order valence-electron chi connectivity index (χ4n) is 1.15. The number of nitrogens with zero attached hydrogens (tertiary/aromatic N) is 1. The molecule has 0 aliphatic rings. The molecule has 0 aliphatic heterocycles. The van der Waals surface area contributed by atoms with Gasteiger partial charge in [0.2, 0.25) is 0 Å². The molecule has 1 rings (SSSR count). The van der Waals surface area contributed by atoms with E-state index in [1.165, 1.54) is 6.07 Å². The molecular weight excluding hydrogens is 214 g/mol. The fourth-order valence-corrected chi connectivity index (χ4v) is 1.15. The number of aliphatic carboxylic acids is 1. The number of nitro benzene ring substituents is 1. The lowest BCUT2D eigenvalue weighted by molar-refractivity contribution is -0.385. The van der Waals surface area contributed by atoms with E-state index in [0.717, 1.165) is 0 Å². The summed E-state index contributed by atoms with van der Waals surface area (Å²) in [4.78, 5) is 20.2. The number of carboxylic acids is 1. The van der Waals surface area contributed by atoms with Crippen LogP contribution in [0.15, 0.2) is 24.3 Å². The van der Waals surface area contributed by atoms with Gasteiger partial charge in [0.15, 0.2) is 0 Å². The average molecular weight is 224 g/mol. The lowest BCUT2D eigenvalue weighted by Crippen LogP contribution is -2.23. The van der Waals surface area contributed by atoms with E-state index in [-0.39, 0.29) is 25.3 Å². The van der Waals surface area contributed by atoms with Crippen LogP contribution >= 0.6 is 0 Å². The SMILES string of the molecule is O=C([O-])CCOCc1ccccc1[N+](=O)[O-]. The van der Waals surface area contributed by atoms with E-state index < -0.39 is 10.9 Å². The van der Waals surface area contributed by atoms with Crippen molar-refractivity contribution >= 4 is 11.7 Å². The van der Waals surface area contributed by atoms with Crippen LogP contribution in [0.3, 0.4) is 0 Å². The molecule has 1 aromatic rings. The lowest BCUT2D eigenvalue weighted by atomic mass is 10.2. The Morgan fingerprint density at radius 3 is 2.69 bits per heavy atom. The van der Waals surface area contributed by atoms with E-state index in [2.05, 4.69) is 0 Å². The third-order valence-corrected chi connectivity index (χ3v) is 1.90. The van der Waals surface area contributed by atoms with Gasteiger partial charge in [0, 0.05) is 18.5 Å². The summed E-state index contributed by atoms with van der Waals surface area (Å²) in [6.45, 7) is -0.00118. The first-order valence-electron chi connectivity index (χ1n) is 4.61. The Morgan fingerprint density at radius 2 is 2.06 bits per heavy atom. The summed E-state index contributed by atoms with van der Waals surface area (Å²) in [6, 6.07) is 6.15. The summed E-state index contributed by atoms with van der Waals surface area (Å²) in [5, 5.41) is 20.7. The van der Waals surface area contributed by atoms with Gasteiger partial charge in [-0.3, -0.25) is 10.1 Å². The van der Waals surface area contributed by atoms with Gasteiger partial charge in [-0.1, -0.05) is 12.1 Å². The van der Waals surface area contributed by atoms with Crippen LogP contribution in [0.1, 0.15) is 12.0 Å². The Hall–Kier alpha value is -1.95. The van der Waals surface area contributed by atoms with Crippen molar-refractivity contribution in [1.29, 1.82) is 0 Å². The smallest absolute Gasteiger partial charge is 0.274 e. The molecule has 1 aromatic carbocycles. The Bertz CT molecular complexity index is 391. The molecule has 6 nitrogen and oxygen atoms in total. The van der Waals surface area contributed by atoms with E-state index in [1.54, 1.807) is 18.2 Å². The minimum Gasteiger partial charge on any atom is -0.550 e. The second-order valence-corrected chi connectivity index (χ2v) is 3.06. The van der Waals surface area contributed by atoms with E-state index in [1.807, 2.05) is 0 Å². The second-order valence-electron chi connectivity index (χ2n) is 3.06. The molecule has 16 heavy (non-hydrogen) atoms. The lowest BCUT2D eigenvalue weighted by Gasteiger charge is -2.05. The van der Waals surface area contributed by atoms with Gasteiger partial charge < -0.3 is 14.6 Å². The van der Waals surface area contributed by atoms with Gasteiger partial charge in [-0.15, -0.1) is 0 Å². The zero-order valence-corrected chi connectivity index (χ0v) is 8.42. The average Bonchev–Trinajstić information content (AvgIpc) is 2.24. The fraction of sp³-hybridized carbons (Fsp3) is 0.300. The summed E-state index contributed by atoms with van der Waals surface area (Å²) in [6.07, 6.45) is -0.222. The van der Waals surface area contributed by atoms with E-state index >= 15 is 0 Å². The van der Waals surface area contributed by atoms with Crippen molar-refractivity contribution in [3.8, 4) is 0 Å². The van der Waals surface area contributed by atoms with Crippen molar-refractivity contribution in [2.75, 3.05) is 6.61 Å². The number of hydrogen-bond donors (Lipinski definition) is 0. The Morgan fingerprint density at radius 1 is 1.38 bits per heavy atom. The topological polar surface area (TPSA) is 92.5 Å². The quantitative estimate of drug-likeness (QED) is 0.392. The molecule has 0 amide bonds. The highest BCUT2D eigenvalue weighted by Gasteiger charge is 2.11. The normalized spacial score (nSPS) is 10.0. The predicted octanol–water partition coefficient (Wildman–Crippen LogP) is 0.251. The third-order valence-electron chi connectivity index (χ3n) is 1.90. The maximum Gasteiger partial charge on any atom is 0.274 e. The highest BCUT2D eigenvalue weighted by molar-refractivity contribution is 5.64. The third kappa shape index (κ3) is 3.66. The Balaban J connectivity index is 2.53. The summed E-state index contributed by atoms with van der Waals surface area (Å²) in [7, 11) is 0. The molecule has 0 fully saturated rings. The van der Waals surface area contributed by atoms with Crippen molar-refractivity contribution in [1.82, 2.24) is 0 Å². The molecule has 0 spiro atoms. The van der Waals surface area contributed by atoms with Gasteiger partial charge >= 0.3 is 0 Å². The van der Waals surface area contributed by atoms with Gasteiger partial charge in [0.1, 0.15) is 0 Å². The minimum absolute atomic E-state index is 0.0183. The number of carbonyl (C=O) groups excluding carboxylic acids is 1. The van der Waals surface area contributed by atoms with Crippen LogP contribution in [0.25, 0.3) is 0 Å². The van der Waals surface area contributed by atoms with E-state index in [4.69, 9.17) is 4.74 Å². The number of hydrogen-bond acceptors (Lipinski definition) is 5. The van der Waals surface area contributed by atoms with Crippen LogP contribution in [0.2, 0.25) is 0 Å². The molecule has 0 aromatic heterocycles. The Labute approximate surface area is 91.6 Å². The van der Waals surface area contributed by atoms with Crippen LogP contribution in [0, 0.1) is 10.1 Å². The highest BCUT2D eigenvalue weighted by Crippen LogP contribution is 2.18. The van der Waals surface area contributed by atoms with Crippen LogP contribution in [0.5, 0.6) is 0 Å². The molecule has 6 heteroatoms. The predicted molar refractivity (Wildman–Crippen MR) is 52.4 cm³/mol. The maximum absolute atomic E-state index is 10.6. The molecule has 86 valence electrons. The molecule has 0 radical (unpaired) electrons. The maximum atomic E-state index is 10.6. The zero-order chi connectivity index (χ0) is 12.0. The van der Waals surface area contributed by atoms with Gasteiger partial charge in [0.05, 0.1) is 23.7 Å². The molecular formula is C10H10NO5-. The van der Waals surface area contributed by atoms with Crippen molar-refractivity contribution in [2.45, 2.75) is 13.0 Å². The minimum atomic E-state index is -1.21. The van der Waals surface area contributed by atoms with Crippen LogP contribution in [0.4, 0.5) is 5.69 Å². The zero-order valence-electron chi connectivity index (χ0n) is 8.42. The molecule has 0 saturated heterocycles. The molecule has 0 aliphatic carbocycles. The monoisotopic (exact) mass is 224 g/mol.